The maximum absolute atomic E-state index is 12.6. The van der Waals surface area contributed by atoms with Gasteiger partial charge >= 0.3 is 0 Å². The zero-order chi connectivity index (χ0) is 14.2. The lowest BCUT2D eigenvalue weighted by Gasteiger charge is -2.41. The van der Waals surface area contributed by atoms with E-state index in [1.165, 1.54) is 0 Å². The number of hydrogen-bond donors (Lipinski definition) is 2. The Hall–Kier alpha value is -2.04. The number of hydrogen-bond acceptors (Lipinski definition) is 3. The fourth-order valence-electron chi connectivity index (χ4n) is 2.27. The highest BCUT2D eigenvalue weighted by Gasteiger charge is 2.41. The molecule has 0 radical (unpaired) electrons. The molecular weight excluding hydrogens is 242 g/mol. The van der Waals surface area contributed by atoms with Gasteiger partial charge in [0.25, 0.3) is 5.91 Å². The van der Waals surface area contributed by atoms with Gasteiger partial charge in [-0.25, -0.2) is 0 Å². The zero-order valence-electron chi connectivity index (χ0n) is 11.5. The highest BCUT2D eigenvalue weighted by molar-refractivity contribution is 6.03. The number of nitrogens with two attached hydrogens (primary N) is 1. The number of benzene rings is 1. The number of carbonyl (C=O) groups is 2. The molecule has 19 heavy (non-hydrogen) atoms. The molecule has 1 saturated heterocycles. The molecule has 1 aromatic carbocycles. The number of piperazine rings is 1. The van der Waals surface area contributed by atoms with Crippen molar-refractivity contribution >= 4 is 17.5 Å². The van der Waals surface area contributed by atoms with Crippen molar-refractivity contribution in [3.8, 4) is 0 Å². The van der Waals surface area contributed by atoms with Crippen LogP contribution in [0.25, 0.3) is 0 Å². The Kier molecular flexibility index (Phi) is 3.22. The molecule has 5 heteroatoms. The standard InChI is InChI=1S/C14H19N3O2/c1-9-5-4-6-10(11(9)15)12(18)17-8-7-16-13(19)14(17,2)3/h4-6H,7-8,15H2,1-3H3,(H,16,19). The molecule has 2 amide bonds. The van der Waals surface area contributed by atoms with Crippen molar-refractivity contribution in [1.82, 2.24) is 10.2 Å². The van der Waals surface area contributed by atoms with Gasteiger partial charge in [-0.2, -0.15) is 0 Å². The Bertz CT molecular complexity index is 537. The first kappa shape index (κ1) is 13.4. The van der Waals surface area contributed by atoms with Crippen molar-refractivity contribution < 1.29 is 9.59 Å². The van der Waals surface area contributed by atoms with Gasteiger partial charge in [0.2, 0.25) is 5.91 Å². The molecule has 1 aliphatic heterocycles. The number of carbonyl (C=O) groups excluding carboxylic acids is 2. The van der Waals surface area contributed by atoms with Gasteiger partial charge in [-0.15, -0.1) is 0 Å². The van der Waals surface area contributed by atoms with Gasteiger partial charge in [0, 0.05) is 18.8 Å². The second-order valence-electron chi connectivity index (χ2n) is 5.31. The van der Waals surface area contributed by atoms with Crippen molar-refractivity contribution in [2.45, 2.75) is 26.3 Å². The molecule has 1 aromatic rings. The van der Waals surface area contributed by atoms with Crippen LogP contribution in [-0.2, 0) is 4.79 Å². The summed E-state index contributed by atoms with van der Waals surface area (Å²) in [7, 11) is 0. The van der Waals surface area contributed by atoms with E-state index in [2.05, 4.69) is 5.32 Å². The summed E-state index contributed by atoms with van der Waals surface area (Å²) in [6, 6.07) is 5.36. The predicted molar refractivity (Wildman–Crippen MR) is 73.7 cm³/mol. The molecule has 0 bridgehead atoms. The summed E-state index contributed by atoms with van der Waals surface area (Å²) in [5.74, 6) is -0.334. The summed E-state index contributed by atoms with van der Waals surface area (Å²) >= 11 is 0. The first-order valence-electron chi connectivity index (χ1n) is 6.31. The molecule has 0 atom stereocenters. The monoisotopic (exact) mass is 261 g/mol. The van der Waals surface area contributed by atoms with Gasteiger partial charge in [-0.3, -0.25) is 9.59 Å². The van der Waals surface area contributed by atoms with Crippen LogP contribution in [0.3, 0.4) is 0 Å². The number of para-hydroxylation sites is 1. The van der Waals surface area contributed by atoms with E-state index in [1.54, 1.807) is 30.9 Å². The third-order valence-corrected chi connectivity index (χ3v) is 3.65. The Balaban J connectivity index is 2.38. The fourth-order valence-corrected chi connectivity index (χ4v) is 2.27. The molecule has 2 rings (SSSR count). The van der Waals surface area contributed by atoms with Crippen LogP contribution in [0, 0.1) is 6.92 Å². The average Bonchev–Trinajstić information content (AvgIpc) is 2.35. The third kappa shape index (κ3) is 2.16. The summed E-state index contributed by atoms with van der Waals surface area (Å²) in [6.45, 7) is 6.31. The highest BCUT2D eigenvalue weighted by Crippen LogP contribution is 2.24. The van der Waals surface area contributed by atoms with Crippen LogP contribution < -0.4 is 11.1 Å². The van der Waals surface area contributed by atoms with Gasteiger partial charge in [-0.05, 0) is 32.4 Å². The van der Waals surface area contributed by atoms with Gasteiger partial charge in [0.15, 0.2) is 0 Å². The molecule has 102 valence electrons. The molecule has 0 aliphatic carbocycles. The minimum atomic E-state index is -0.856. The first-order valence-corrected chi connectivity index (χ1v) is 6.31. The minimum absolute atomic E-state index is 0.140. The fraction of sp³-hybridized carbons (Fsp3) is 0.429. The van der Waals surface area contributed by atoms with Crippen molar-refractivity contribution in [2.75, 3.05) is 18.8 Å². The number of nitrogens with zero attached hydrogens (tertiary/aromatic N) is 1. The van der Waals surface area contributed by atoms with E-state index in [-0.39, 0.29) is 11.8 Å². The zero-order valence-corrected chi connectivity index (χ0v) is 11.5. The second kappa shape index (κ2) is 4.57. The predicted octanol–water partition coefficient (Wildman–Crippen LogP) is 0.928. The first-order chi connectivity index (χ1) is 8.85. The highest BCUT2D eigenvalue weighted by atomic mass is 16.2. The molecule has 0 saturated carbocycles. The van der Waals surface area contributed by atoms with Gasteiger partial charge in [0.05, 0.1) is 5.56 Å². The summed E-state index contributed by atoms with van der Waals surface area (Å²) < 4.78 is 0. The molecule has 1 fully saturated rings. The molecule has 0 spiro atoms. The van der Waals surface area contributed by atoms with Crippen LogP contribution in [0.1, 0.15) is 29.8 Å². The third-order valence-electron chi connectivity index (χ3n) is 3.65. The molecule has 1 aliphatic rings. The quantitative estimate of drug-likeness (QED) is 0.738. The Morgan fingerprint density at radius 3 is 2.79 bits per heavy atom. The summed E-state index contributed by atoms with van der Waals surface area (Å²) in [6.07, 6.45) is 0. The van der Waals surface area contributed by atoms with E-state index >= 15 is 0 Å². The van der Waals surface area contributed by atoms with Crippen molar-refractivity contribution in [3.05, 3.63) is 29.3 Å². The molecular formula is C14H19N3O2. The normalized spacial score (nSPS) is 18.1. The van der Waals surface area contributed by atoms with Crippen molar-refractivity contribution in [3.63, 3.8) is 0 Å². The number of aryl methyl sites for hydroxylation is 1. The number of anilines is 1. The van der Waals surface area contributed by atoms with E-state index in [0.29, 0.717) is 24.3 Å². The molecule has 3 N–H and O–H groups in total. The minimum Gasteiger partial charge on any atom is -0.398 e. The van der Waals surface area contributed by atoms with Crippen molar-refractivity contribution in [1.29, 1.82) is 0 Å². The second-order valence-corrected chi connectivity index (χ2v) is 5.31. The number of rotatable bonds is 1. The van der Waals surface area contributed by atoms with E-state index in [0.717, 1.165) is 5.56 Å². The van der Waals surface area contributed by atoms with Crippen LogP contribution in [0.4, 0.5) is 5.69 Å². The van der Waals surface area contributed by atoms with Gasteiger partial charge < -0.3 is 16.0 Å². The Morgan fingerprint density at radius 1 is 1.42 bits per heavy atom. The Labute approximate surface area is 112 Å². The summed E-state index contributed by atoms with van der Waals surface area (Å²) in [5, 5.41) is 2.77. The van der Waals surface area contributed by atoms with E-state index in [4.69, 9.17) is 5.73 Å². The maximum atomic E-state index is 12.6. The molecule has 0 unspecified atom stereocenters. The number of amides is 2. The number of nitrogens with one attached hydrogen (secondary N) is 1. The Morgan fingerprint density at radius 2 is 2.11 bits per heavy atom. The van der Waals surface area contributed by atoms with Gasteiger partial charge in [0.1, 0.15) is 5.54 Å². The van der Waals surface area contributed by atoms with Crippen LogP contribution in [0.2, 0.25) is 0 Å². The van der Waals surface area contributed by atoms with E-state index < -0.39 is 5.54 Å². The smallest absolute Gasteiger partial charge is 0.256 e. The van der Waals surface area contributed by atoms with Crippen molar-refractivity contribution in [2.24, 2.45) is 0 Å². The van der Waals surface area contributed by atoms with Crippen LogP contribution in [0.5, 0.6) is 0 Å². The van der Waals surface area contributed by atoms with E-state index in [9.17, 15) is 9.59 Å². The summed E-state index contributed by atoms with van der Waals surface area (Å²) in [5.41, 5.74) is 6.92. The molecule has 0 aromatic heterocycles. The van der Waals surface area contributed by atoms with E-state index in [1.807, 2.05) is 13.0 Å². The lowest BCUT2D eigenvalue weighted by atomic mass is 9.96. The summed E-state index contributed by atoms with van der Waals surface area (Å²) in [4.78, 5) is 26.1. The lowest BCUT2D eigenvalue weighted by Crippen LogP contribution is -2.63. The van der Waals surface area contributed by atoms with Gasteiger partial charge in [-0.1, -0.05) is 12.1 Å². The maximum Gasteiger partial charge on any atom is 0.256 e. The van der Waals surface area contributed by atoms with Crippen LogP contribution in [0.15, 0.2) is 18.2 Å². The van der Waals surface area contributed by atoms with Crippen LogP contribution >= 0.6 is 0 Å². The average molecular weight is 261 g/mol. The lowest BCUT2D eigenvalue weighted by molar-refractivity contribution is -0.133. The topological polar surface area (TPSA) is 75.4 Å². The molecule has 5 nitrogen and oxygen atoms in total. The largest absolute Gasteiger partial charge is 0.398 e. The molecule has 1 heterocycles. The SMILES string of the molecule is Cc1cccc(C(=O)N2CCNC(=O)C2(C)C)c1N. The number of nitrogen functional groups attached to an aromatic ring is 1. The van der Waals surface area contributed by atoms with Crippen LogP contribution in [-0.4, -0.2) is 35.3 Å².